The molecular weight excluding hydrogens is 264 g/mol. The van der Waals surface area contributed by atoms with Crippen molar-refractivity contribution in [2.75, 3.05) is 19.8 Å². The lowest BCUT2D eigenvalue weighted by Crippen LogP contribution is -2.43. The molecule has 2 saturated carbocycles. The van der Waals surface area contributed by atoms with Gasteiger partial charge in [0.2, 0.25) is 0 Å². The Morgan fingerprint density at radius 3 is 3.05 bits per heavy atom. The van der Waals surface area contributed by atoms with Gasteiger partial charge < -0.3 is 9.47 Å². The van der Waals surface area contributed by atoms with Crippen molar-refractivity contribution in [2.24, 2.45) is 5.92 Å². The predicted octanol–water partition coefficient (Wildman–Crippen LogP) is 2.24. The minimum atomic E-state index is 0.268. The van der Waals surface area contributed by atoms with Crippen molar-refractivity contribution in [3.63, 3.8) is 0 Å². The van der Waals surface area contributed by atoms with Crippen LogP contribution in [-0.2, 0) is 16.0 Å². The molecule has 21 heavy (non-hydrogen) atoms. The second-order valence-corrected chi connectivity index (χ2v) is 6.63. The maximum absolute atomic E-state index is 6.26. The number of rotatable bonds is 5. The Balaban J connectivity index is 1.45. The summed E-state index contributed by atoms with van der Waals surface area (Å²) in [5.41, 5.74) is 1.28. The Labute approximate surface area is 126 Å². The van der Waals surface area contributed by atoms with E-state index in [1.165, 1.54) is 24.8 Å². The zero-order chi connectivity index (χ0) is 14.1. The van der Waals surface area contributed by atoms with Crippen LogP contribution in [0.5, 0.6) is 0 Å². The first-order valence-electron chi connectivity index (χ1n) is 8.26. The van der Waals surface area contributed by atoms with Crippen molar-refractivity contribution >= 4 is 0 Å². The minimum absolute atomic E-state index is 0.268. The van der Waals surface area contributed by atoms with Gasteiger partial charge in [0, 0.05) is 38.1 Å². The van der Waals surface area contributed by atoms with Crippen molar-refractivity contribution in [3.05, 3.63) is 30.1 Å². The highest BCUT2D eigenvalue weighted by molar-refractivity contribution is 5.09. The molecule has 1 saturated heterocycles. The van der Waals surface area contributed by atoms with E-state index in [-0.39, 0.29) is 6.10 Å². The van der Waals surface area contributed by atoms with E-state index in [0.29, 0.717) is 12.1 Å². The van der Waals surface area contributed by atoms with Gasteiger partial charge in [0.1, 0.15) is 0 Å². The van der Waals surface area contributed by atoms with Gasteiger partial charge in [0.05, 0.1) is 18.8 Å². The SMILES string of the molecule is c1cncc(CN2CCOC3CCC2C3OCC2CC2)c1. The largest absolute Gasteiger partial charge is 0.374 e. The molecule has 1 aromatic heterocycles. The van der Waals surface area contributed by atoms with Crippen LogP contribution in [0, 0.1) is 5.92 Å². The molecule has 114 valence electrons. The van der Waals surface area contributed by atoms with E-state index < -0.39 is 0 Å². The van der Waals surface area contributed by atoms with Crippen LogP contribution < -0.4 is 0 Å². The average molecular weight is 288 g/mol. The zero-order valence-electron chi connectivity index (χ0n) is 12.5. The highest BCUT2D eigenvalue weighted by Gasteiger charge is 2.43. The number of ether oxygens (including phenoxy) is 2. The molecule has 1 aliphatic heterocycles. The molecule has 3 atom stereocenters. The highest BCUT2D eigenvalue weighted by atomic mass is 16.5. The third kappa shape index (κ3) is 3.12. The molecule has 0 N–H and O–H groups in total. The summed E-state index contributed by atoms with van der Waals surface area (Å²) in [6, 6.07) is 4.68. The van der Waals surface area contributed by atoms with Gasteiger partial charge >= 0.3 is 0 Å². The van der Waals surface area contributed by atoms with Crippen LogP contribution in [0.3, 0.4) is 0 Å². The third-order valence-electron chi connectivity index (χ3n) is 5.00. The second kappa shape index (κ2) is 6.03. The van der Waals surface area contributed by atoms with Crippen LogP contribution in [0.15, 0.2) is 24.5 Å². The first-order valence-corrected chi connectivity index (χ1v) is 8.26. The lowest BCUT2D eigenvalue weighted by Gasteiger charge is -2.31. The molecule has 4 rings (SSSR count). The maximum atomic E-state index is 6.26. The summed E-state index contributed by atoms with van der Waals surface area (Å²) < 4.78 is 12.3. The van der Waals surface area contributed by atoms with Gasteiger partial charge in [-0.2, -0.15) is 0 Å². The van der Waals surface area contributed by atoms with Gasteiger partial charge in [0.15, 0.2) is 0 Å². The van der Waals surface area contributed by atoms with Crippen LogP contribution >= 0.6 is 0 Å². The number of pyridine rings is 1. The fourth-order valence-corrected chi connectivity index (χ4v) is 3.64. The standard InChI is InChI=1S/C17H24N2O2/c1-2-14(10-18-7-1)11-19-8-9-20-16-6-5-15(19)17(16)21-12-13-3-4-13/h1-2,7,10,13,15-17H,3-6,8-9,11-12H2. The normalized spacial score (nSPS) is 33.0. The second-order valence-electron chi connectivity index (χ2n) is 6.63. The number of aromatic nitrogens is 1. The molecule has 4 heteroatoms. The third-order valence-corrected chi connectivity index (χ3v) is 5.00. The van der Waals surface area contributed by atoms with Crippen molar-refractivity contribution in [3.8, 4) is 0 Å². The van der Waals surface area contributed by atoms with Gasteiger partial charge in [-0.25, -0.2) is 0 Å². The quantitative estimate of drug-likeness (QED) is 0.832. The highest BCUT2D eigenvalue weighted by Crippen LogP contribution is 2.35. The molecule has 4 nitrogen and oxygen atoms in total. The Hall–Kier alpha value is -0.970. The van der Waals surface area contributed by atoms with Crippen LogP contribution in [0.1, 0.15) is 31.2 Å². The summed E-state index contributed by atoms with van der Waals surface area (Å²) >= 11 is 0. The number of nitrogens with zero attached hydrogens (tertiary/aromatic N) is 2. The summed E-state index contributed by atoms with van der Waals surface area (Å²) in [6.45, 7) is 3.71. The van der Waals surface area contributed by atoms with Crippen LogP contribution in [-0.4, -0.2) is 47.9 Å². The van der Waals surface area contributed by atoms with E-state index in [1.54, 1.807) is 0 Å². The molecule has 3 unspecified atom stereocenters. The molecule has 2 heterocycles. The molecule has 0 spiro atoms. The molecule has 0 amide bonds. The smallest absolute Gasteiger partial charge is 0.0991 e. The molecule has 2 aliphatic carbocycles. The monoisotopic (exact) mass is 288 g/mol. The molecule has 0 radical (unpaired) electrons. The van der Waals surface area contributed by atoms with Crippen LogP contribution in [0.2, 0.25) is 0 Å². The van der Waals surface area contributed by atoms with Crippen LogP contribution in [0.4, 0.5) is 0 Å². The number of hydrogen-bond donors (Lipinski definition) is 0. The summed E-state index contributed by atoms with van der Waals surface area (Å²) in [5, 5.41) is 0. The number of fused-ring (bicyclic) bond motifs is 2. The topological polar surface area (TPSA) is 34.6 Å². The summed E-state index contributed by atoms with van der Waals surface area (Å²) in [4.78, 5) is 6.78. The maximum Gasteiger partial charge on any atom is 0.0991 e. The van der Waals surface area contributed by atoms with Gasteiger partial charge in [-0.3, -0.25) is 9.88 Å². The van der Waals surface area contributed by atoms with Gasteiger partial charge in [-0.1, -0.05) is 6.07 Å². The van der Waals surface area contributed by atoms with Gasteiger partial charge in [0.25, 0.3) is 0 Å². The molecular formula is C17H24N2O2. The summed E-state index contributed by atoms with van der Waals surface area (Å²) in [6.07, 6.45) is 9.42. The minimum Gasteiger partial charge on any atom is -0.374 e. The van der Waals surface area contributed by atoms with Crippen molar-refractivity contribution in [1.82, 2.24) is 9.88 Å². The van der Waals surface area contributed by atoms with Gasteiger partial charge in [-0.15, -0.1) is 0 Å². The average Bonchev–Trinajstić information content (AvgIpc) is 3.26. The van der Waals surface area contributed by atoms with Crippen LogP contribution in [0.25, 0.3) is 0 Å². The summed E-state index contributed by atoms with van der Waals surface area (Å²) in [7, 11) is 0. The number of hydrogen-bond acceptors (Lipinski definition) is 4. The van der Waals surface area contributed by atoms with Crippen molar-refractivity contribution in [2.45, 2.75) is 50.5 Å². The van der Waals surface area contributed by atoms with E-state index in [4.69, 9.17) is 9.47 Å². The Morgan fingerprint density at radius 2 is 2.24 bits per heavy atom. The van der Waals surface area contributed by atoms with E-state index >= 15 is 0 Å². The Kier molecular flexibility index (Phi) is 3.93. The van der Waals surface area contributed by atoms with E-state index in [9.17, 15) is 0 Å². The van der Waals surface area contributed by atoms with Gasteiger partial charge in [-0.05, 0) is 43.2 Å². The molecule has 2 bridgehead atoms. The summed E-state index contributed by atoms with van der Waals surface area (Å²) in [5.74, 6) is 0.819. The fourth-order valence-electron chi connectivity index (χ4n) is 3.64. The van der Waals surface area contributed by atoms with Crippen molar-refractivity contribution in [1.29, 1.82) is 0 Å². The van der Waals surface area contributed by atoms with Crippen molar-refractivity contribution < 1.29 is 9.47 Å². The van der Waals surface area contributed by atoms with E-state index in [0.717, 1.165) is 38.6 Å². The predicted molar refractivity (Wildman–Crippen MR) is 79.9 cm³/mol. The first-order chi connectivity index (χ1) is 10.4. The Morgan fingerprint density at radius 1 is 1.29 bits per heavy atom. The molecule has 1 aromatic rings. The zero-order valence-corrected chi connectivity index (χ0v) is 12.5. The molecule has 3 fully saturated rings. The first kappa shape index (κ1) is 13.7. The molecule has 0 aromatic carbocycles. The molecule has 3 aliphatic rings. The Bertz CT molecular complexity index is 463. The van der Waals surface area contributed by atoms with E-state index in [2.05, 4.69) is 16.0 Å². The lowest BCUT2D eigenvalue weighted by molar-refractivity contribution is -0.0572. The lowest BCUT2D eigenvalue weighted by atomic mass is 10.1. The fraction of sp³-hybridized carbons (Fsp3) is 0.706. The van der Waals surface area contributed by atoms with E-state index in [1.807, 2.05) is 18.5 Å².